The van der Waals surface area contributed by atoms with Gasteiger partial charge in [0.15, 0.2) is 0 Å². The smallest absolute Gasteiger partial charge is 0.0445 e. The summed E-state index contributed by atoms with van der Waals surface area (Å²) in [6.45, 7) is 3.04. The Bertz CT molecular complexity index is 233. The Kier molecular flexibility index (Phi) is 5.05. The molecule has 0 aliphatic carbocycles. The zero-order valence-corrected chi connectivity index (χ0v) is 8.99. The van der Waals surface area contributed by atoms with Gasteiger partial charge in [0.2, 0.25) is 0 Å². The summed E-state index contributed by atoms with van der Waals surface area (Å²) < 4.78 is 0. The van der Waals surface area contributed by atoms with Crippen molar-refractivity contribution in [2.45, 2.75) is 39.2 Å². The zero-order valence-electron chi connectivity index (χ0n) is 8.18. The molecule has 2 nitrogen and oxygen atoms in total. The maximum atomic E-state index is 5.30. The van der Waals surface area contributed by atoms with Gasteiger partial charge in [0.05, 0.1) is 0 Å². The Morgan fingerprint density at radius 3 is 3.00 bits per heavy atom. The van der Waals surface area contributed by atoms with Crippen LogP contribution in [0.3, 0.4) is 0 Å². The van der Waals surface area contributed by atoms with E-state index in [-0.39, 0.29) is 0 Å². The van der Waals surface area contributed by atoms with Gasteiger partial charge in [-0.2, -0.15) is 0 Å². The van der Waals surface area contributed by atoms with Crippen LogP contribution >= 0.6 is 11.3 Å². The first kappa shape index (κ1) is 10.7. The van der Waals surface area contributed by atoms with Crippen LogP contribution in [0, 0.1) is 0 Å². The van der Waals surface area contributed by atoms with Crippen LogP contribution in [0.4, 0.5) is 0 Å². The van der Waals surface area contributed by atoms with E-state index in [2.05, 4.69) is 23.8 Å². The highest BCUT2D eigenvalue weighted by atomic mass is 32.1. The van der Waals surface area contributed by atoms with Gasteiger partial charge >= 0.3 is 0 Å². The summed E-state index contributed by atoms with van der Waals surface area (Å²) in [5.41, 5.74) is 4.18. The number of hydrogen-bond donors (Lipinski definition) is 2. The first-order valence-corrected chi connectivity index (χ1v) is 5.75. The Balaban J connectivity index is 2.40. The van der Waals surface area contributed by atoms with E-state index in [0.717, 1.165) is 6.54 Å². The van der Waals surface area contributed by atoms with E-state index in [1.807, 2.05) is 0 Å². The summed E-state index contributed by atoms with van der Waals surface area (Å²) in [5, 5.41) is 2.15. The van der Waals surface area contributed by atoms with Crippen molar-refractivity contribution in [3.8, 4) is 0 Å². The molecule has 0 radical (unpaired) electrons. The molecule has 1 aromatic heterocycles. The molecule has 1 heterocycles. The molecule has 13 heavy (non-hydrogen) atoms. The third-order valence-corrected chi connectivity index (χ3v) is 3.11. The summed E-state index contributed by atoms with van der Waals surface area (Å²) in [4.78, 5) is 1.39. The molecule has 0 amide bonds. The average molecular weight is 198 g/mol. The fraction of sp³-hybridized carbons (Fsp3) is 0.600. The third kappa shape index (κ3) is 3.46. The number of nitrogens with two attached hydrogens (primary N) is 1. The van der Waals surface area contributed by atoms with Crippen molar-refractivity contribution >= 4 is 11.3 Å². The Morgan fingerprint density at radius 1 is 1.46 bits per heavy atom. The highest BCUT2D eigenvalue weighted by Gasteiger charge is 2.02. The van der Waals surface area contributed by atoms with Gasteiger partial charge in [-0.25, -0.2) is 0 Å². The topological polar surface area (TPSA) is 38.0 Å². The molecule has 1 rings (SSSR count). The number of aryl methyl sites for hydroxylation is 1. The minimum atomic E-state index is 0.805. The van der Waals surface area contributed by atoms with Crippen molar-refractivity contribution in [1.29, 1.82) is 0 Å². The van der Waals surface area contributed by atoms with Crippen molar-refractivity contribution in [2.24, 2.45) is 5.84 Å². The molecule has 0 aliphatic rings. The van der Waals surface area contributed by atoms with Crippen molar-refractivity contribution in [2.75, 3.05) is 0 Å². The van der Waals surface area contributed by atoms with Crippen LogP contribution in [0.5, 0.6) is 0 Å². The Morgan fingerprint density at radius 2 is 2.31 bits per heavy atom. The van der Waals surface area contributed by atoms with Crippen LogP contribution in [0.15, 0.2) is 11.4 Å². The maximum absolute atomic E-state index is 5.30. The standard InChI is InChI=1S/C10H18N2S/c1-2-3-4-5-9-6-7-13-10(9)8-12-11/h6-7,12H,2-5,8,11H2,1H3. The number of nitrogens with one attached hydrogen (secondary N) is 1. The number of hydrogen-bond acceptors (Lipinski definition) is 3. The van der Waals surface area contributed by atoms with Crippen molar-refractivity contribution < 1.29 is 0 Å². The second kappa shape index (κ2) is 6.13. The van der Waals surface area contributed by atoms with Gasteiger partial charge in [-0.3, -0.25) is 11.3 Å². The number of rotatable bonds is 6. The number of thiophene rings is 1. The van der Waals surface area contributed by atoms with E-state index >= 15 is 0 Å². The molecule has 0 atom stereocenters. The molecular weight excluding hydrogens is 180 g/mol. The lowest BCUT2D eigenvalue weighted by molar-refractivity contribution is 0.702. The lowest BCUT2D eigenvalue weighted by Gasteiger charge is -2.02. The van der Waals surface area contributed by atoms with E-state index in [9.17, 15) is 0 Å². The number of unbranched alkanes of at least 4 members (excludes halogenated alkanes) is 2. The van der Waals surface area contributed by atoms with Gasteiger partial charge in [0, 0.05) is 11.4 Å². The van der Waals surface area contributed by atoms with E-state index in [1.54, 1.807) is 11.3 Å². The Labute approximate surface area is 84.1 Å². The fourth-order valence-corrected chi connectivity index (χ4v) is 2.29. The van der Waals surface area contributed by atoms with E-state index in [4.69, 9.17) is 5.84 Å². The second-order valence-electron chi connectivity index (χ2n) is 3.21. The molecule has 0 unspecified atom stereocenters. The second-order valence-corrected chi connectivity index (χ2v) is 4.21. The highest BCUT2D eigenvalue weighted by Crippen LogP contribution is 2.18. The SMILES string of the molecule is CCCCCc1ccsc1CNN. The van der Waals surface area contributed by atoms with Crippen LogP contribution in [0.1, 0.15) is 36.6 Å². The molecule has 0 saturated heterocycles. The maximum Gasteiger partial charge on any atom is 0.0445 e. The average Bonchev–Trinajstić information content (AvgIpc) is 2.54. The first-order valence-electron chi connectivity index (χ1n) is 4.87. The summed E-state index contributed by atoms with van der Waals surface area (Å²) in [6, 6.07) is 2.22. The normalized spacial score (nSPS) is 10.6. The summed E-state index contributed by atoms with van der Waals surface area (Å²) in [6.07, 6.45) is 5.11. The lowest BCUT2D eigenvalue weighted by atomic mass is 10.1. The van der Waals surface area contributed by atoms with Crippen molar-refractivity contribution in [3.63, 3.8) is 0 Å². The predicted octanol–water partition coefficient (Wildman–Crippen LogP) is 2.44. The summed E-state index contributed by atoms with van der Waals surface area (Å²) in [5.74, 6) is 5.30. The van der Waals surface area contributed by atoms with Crippen LogP contribution in [-0.4, -0.2) is 0 Å². The molecule has 74 valence electrons. The molecular formula is C10H18N2S. The Hall–Kier alpha value is -0.380. The van der Waals surface area contributed by atoms with Gasteiger partial charge in [0.25, 0.3) is 0 Å². The molecule has 3 heteroatoms. The summed E-state index contributed by atoms with van der Waals surface area (Å²) in [7, 11) is 0. The minimum absolute atomic E-state index is 0.805. The minimum Gasteiger partial charge on any atom is -0.271 e. The van der Waals surface area contributed by atoms with E-state index in [0.29, 0.717) is 0 Å². The molecule has 0 saturated carbocycles. The van der Waals surface area contributed by atoms with Gasteiger partial charge in [0.1, 0.15) is 0 Å². The molecule has 0 spiro atoms. The number of hydrazine groups is 1. The monoisotopic (exact) mass is 198 g/mol. The van der Waals surface area contributed by atoms with Crippen LogP contribution in [0.2, 0.25) is 0 Å². The largest absolute Gasteiger partial charge is 0.271 e. The van der Waals surface area contributed by atoms with Gasteiger partial charge in [-0.15, -0.1) is 11.3 Å². The van der Waals surface area contributed by atoms with E-state index in [1.165, 1.54) is 36.1 Å². The van der Waals surface area contributed by atoms with Gasteiger partial charge < -0.3 is 0 Å². The highest BCUT2D eigenvalue weighted by molar-refractivity contribution is 7.10. The molecule has 0 fully saturated rings. The molecule has 3 N–H and O–H groups in total. The quantitative estimate of drug-likeness (QED) is 0.418. The molecule has 0 aliphatic heterocycles. The van der Waals surface area contributed by atoms with Crippen LogP contribution in [0.25, 0.3) is 0 Å². The van der Waals surface area contributed by atoms with Gasteiger partial charge in [-0.1, -0.05) is 19.8 Å². The molecule has 1 aromatic rings. The third-order valence-electron chi connectivity index (χ3n) is 2.15. The molecule has 0 bridgehead atoms. The van der Waals surface area contributed by atoms with Crippen LogP contribution in [-0.2, 0) is 13.0 Å². The first-order chi connectivity index (χ1) is 6.38. The lowest BCUT2D eigenvalue weighted by Crippen LogP contribution is -2.20. The van der Waals surface area contributed by atoms with Crippen LogP contribution < -0.4 is 11.3 Å². The van der Waals surface area contributed by atoms with Gasteiger partial charge in [-0.05, 0) is 29.9 Å². The fourth-order valence-electron chi connectivity index (χ4n) is 1.40. The van der Waals surface area contributed by atoms with Crippen molar-refractivity contribution in [3.05, 3.63) is 21.9 Å². The summed E-state index contributed by atoms with van der Waals surface area (Å²) >= 11 is 1.79. The zero-order chi connectivity index (χ0) is 9.52. The predicted molar refractivity (Wildman–Crippen MR) is 58.6 cm³/mol. The van der Waals surface area contributed by atoms with Crippen molar-refractivity contribution in [1.82, 2.24) is 5.43 Å². The molecule has 0 aromatic carbocycles. The van der Waals surface area contributed by atoms with E-state index < -0.39 is 0 Å².